The van der Waals surface area contributed by atoms with Crippen LogP contribution in [0.2, 0.25) is 0 Å². The van der Waals surface area contributed by atoms with Gasteiger partial charge in [0.1, 0.15) is 11.5 Å². The molecule has 1 aliphatic heterocycles. The van der Waals surface area contributed by atoms with Gasteiger partial charge in [0, 0.05) is 37.1 Å². The van der Waals surface area contributed by atoms with Gasteiger partial charge in [0.25, 0.3) is 5.91 Å². The van der Waals surface area contributed by atoms with Crippen molar-refractivity contribution in [2.45, 2.75) is 32.7 Å². The lowest BCUT2D eigenvalue weighted by molar-refractivity contribution is 0.0931. The van der Waals surface area contributed by atoms with Crippen LogP contribution in [0.3, 0.4) is 0 Å². The lowest BCUT2D eigenvalue weighted by Crippen LogP contribution is -2.45. The first kappa shape index (κ1) is 21.9. The fourth-order valence-corrected chi connectivity index (χ4v) is 4.41. The van der Waals surface area contributed by atoms with E-state index in [0.29, 0.717) is 11.3 Å². The maximum absolute atomic E-state index is 13.5. The first-order valence-electron chi connectivity index (χ1n) is 11.8. The van der Waals surface area contributed by atoms with E-state index < -0.39 is 0 Å². The third-order valence-electron chi connectivity index (χ3n) is 6.56. The van der Waals surface area contributed by atoms with Gasteiger partial charge >= 0.3 is 0 Å². The number of pyridine rings is 1. The fourth-order valence-electron chi connectivity index (χ4n) is 4.41. The monoisotopic (exact) mass is 451 g/mol. The highest BCUT2D eigenvalue weighted by Gasteiger charge is 2.25. The molecule has 5 rings (SSSR count). The third kappa shape index (κ3) is 4.57. The van der Waals surface area contributed by atoms with Gasteiger partial charge in [-0.15, -0.1) is 0 Å². The second kappa shape index (κ2) is 9.51. The van der Waals surface area contributed by atoms with Gasteiger partial charge < -0.3 is 10.2 Å². The lowest BCUT2D eigenvalue weighted by Gasteiger charge is -2.33. The molecule has 172 valence electrons. The number of carbonyl (C=O) groups is 1. The molecule has 2 aromatic heterocycles. The van der Waals surface area contributed by atoms with Gasteiger partial charge in [0.05, 0.1) is 11.3 Å². The number of rotatable bonds is 5. The minimum Gasteiger partial charge on any atom is -0.356 e. The zero-order valence-electron chi connectivity index (χ0n) is 19.6. The molecule has 6 heteroatoms. The van der Waals surface area contributed by atoms with Crippen LogP contribution in [0.25, 0.3) is 16.9 Å². The minimum absolute atomic E-state index is 0.0771. The van der Waals surface area contributed by atoms with E-state index in [1.807, 2.05) is 67.0 Å². The molecule has 1 aliphatic rings. The minimum atomic E-state index is -0.0771. The van der Waals surface area contributed by atoms with E-state index in [4.69, 9.17) is 5.10 Å². The Hall–Kier alpha value is -3.93. The number of anilines is 1. The number of carbonyl (C=O) groups excluding carboxylic acids is 1. The van der Waals surface area contributed by atoms with Gasteiger partial charge in [-0.3, -0.25) is 4.79 Å². The summed E-state index contributed by atoms with van der Waals surface area (Å²) in [6.45, 7) is 5.92. The zero-order valence-corrected chi connectivity index (χ0v) is 19.6. The van der Waals surface area contributed by atoms with E-state index in [9.17, 15) is 4.79 Å². The van der Waals surface area contributed by atoms with E-state index in [1.54, 1.807) is 4.68 Å². The molecule has 0 unspecified atom stereocenters. The lowest BCUT2D eigenvalue weighted by atomic mass is 10.0. The van der Waals surface area contributed by atoms with Crippen LogP contribution in [0.1, 0.15) is 34.3 Å². The molecule has 0 atom stereocenters. The number of benzene rings is 2. The summed E-state index contributed by atoms with van der Waals surface area (Å²) in [5, 5.41) is 8.10. The van der Waals surface area contributed by atoms with Gasteiger partial charge in [-0.2, -0.15) is 5.10 Å². The third-order valence-corrected chi connectivity index (χ3v) is 6.56. The molecule has 1 amide bonds. The number of hydrogen-bond acceptors (Lipinski definition) is 4. The van der Waals surface area contributed by atoms with E-state index in [-0.39, 0.29) is 11.9 Å². The molecule has 1 N–H and O–H groups in total. The van der Waals surface area contributed by atoms with Crippen molar-refractivity contribution in [2.75, 3.05) is 18.0 Å². The smallest absolute Gasteiger partial charge is 0.255 e. The van der Waals surface area contributed by atoms with Gasteiger partial charge in [-0.25, -0.2) is 9.67 Å². The van der Waals surface area contributed by atoms with Crippen LogP contribution in [-0.4, -0.2) is 39.8 Å². The highest BCUT2D eigenvalue weighted by Crippen LogP contribution is 2.26. The fraction of sp³-hybridized carbons (Fsp3) is 0.250. The predicted octanol–water partition coefficient (Wildman–Crippen LogP) is 4.95. The molecule has 1 fully saturated rings. The van der Waals surface area contributed by atoms with Crippen molar-refractivity contribution in [3.05, 3.63) is 95.8 Å². The summed E-state index contributed by atoms with van der Waals surface area (Å²) >= 11 is 0. The van der Waals surface area contributed by atoms with Crippen molar-refractivity contribution in [1.29, 1.82) is 0 Å². The molecule has 0 spiro atoms. The summed E-state index contributed by atoms with van der Waals surface area (Å²) in [4.78, 5) is 20.2. The quantitative estimate of drug-likeness (QED) is 0.466. The Morgan fingerprint density at radius 3 is 2.41 bits per heavy atom. The molecule has 0 aliphatic carbocycles. The van der Waals surface area contributed by atoms with Gasteiger partial charge in [-0.1, -0.05) is 36.4 Å². The summed E-state index contributed by atoms with van der Waals surface area (Å²) in [6, 6.07) is 22.2. The second-order valence-electron chi connectivity index (χ2n) is 8.89. The number of para-hydroxylation sites is 1. The second-order valence-corrected chi connectivity index (χ2v) is 8.89. The first-order chi connectivity index (χ1) is 16.6. The number of nitrogens with zero attached hydrogens (tertiary/aromatic N) is 4. The van der Waals surface area contributed by atoms with Crippen LogP contribution in [-0.2, 0) is 0 Å². The van der Waals surface area contributed by atoms with Crippen molar-refractivity contribution >= 4 is 11.7 Å². The summed E-state index contributed by atoms with van der Waals surface area (Å²) in [7, 11) is 0. The number of amides is 1. The maximum atomic E-state index is 13.5. The van der Waals surface area contributed by atoms with Gasteiger partial charge in [0.15, 0.2) is 0 Å². The van der Waals surface area contributed by atoms with Crippen molar-refractivity contribution < 1.29 is 4.79 Å². The molecule has 2 aromatic carbocycles. The van der Waals surface area contributed by atoms with Crippen LogP contribution in [0.4, 0.5) is 5.82 Å². The number of piperidine rings is 1. The van der Waals surface area contributed by atoms with E-state index in [2.05, 4.69) is 41.2 Å². The van der Waals surface area contributed by atoms with Crippen LogP contribution in [0, 0.1) is 13.8 Å². The molecule has 6 nitrogen and oxygen atoms in total. The average Bonchev–Trinajstić information content (AvgIpc) is 3.33. The Balaban J connectivity index is 1.38. The number of nitrogens with one attached hydrogen (secondary N) is 1. The molecule has 0 bridgehead atoms. The normalized spacial score (nSPS) is 14.2. The highest BCUT2D eigenvalue weighted by atomic mass is 16.1. The number of aryl methyl sites for hydroxylation is 2. The maximum Gasteiger partial charge on any atom is 0.255 e. The molecule has 0 radical (unpaired) electrons. The van der Waals surface area contributed by atoms with Crippen molar-refractivity contribution in [3.8, 4) is 16.9 Å². The largest absolute Gasteiger partial charge is 0.356 e. The van der Waals surface area contributed by atoms with E-state index in [0.717, 1.165) is 43.0 Å². The predicted molar refractivity (Wildman–Crippen MR) is 135 cm³/mol. The molecular formula is C28H29N5O. The van der Waals surface area contributed by atoms with E-state index in [1.165, 1.54) is 11.1 Å². The standard InChI is InChI=1S/C28H29N5O/c1-20-11-12-22(18-21(20)2)27-25(19-33(31-27)24-8-4-3-5-9-24)28(34)30-23-13-16-32(17-14-23)26-10-6-7-15-29-26/h3-12,15,18-19,23H,13-14,16-17H2,1-2H3,(H,30,34). The van der Waals surface area contributed by atoms with Gasteiger partial charge in [0.2, 0.25) is 0 Å². The first-order valence-corrected chi connectivity index (χ1v) is 11.8. The van der Waals surface area contributed by atoms with Crippen molar-refractivity contribution in [1.82, 2.24) is 20.1 Å². The number of hydrogen-bond donors (Lipinski definition) is 1. The van der Waals surface area contributed by atoms with Crippen LogP contribution in [0.5, 0.6) is 0 Å². The van der Waals surface area contributed by atoms with Crippen molar-refractivity contribution in [3.63, 3.8) is 0 Å². The Morgan fingerprint density at radius 1 is 0.941 bits per heavy atom. The van der Waals surface area contributed by atoms with Crippen LogP contribution >= 0.6 is 0 Å². The molecule has 4 aromatic rings. The highest BCUT2D eigenvalue weighted by molar-refractivity contribution is 6.00. The summed E-state index contributed by atoms with van der Waals surface area (Å²) in [5.41, 5.74) is 5.58. The average molecular weight is 452 g/mol. The van der Waals surface area contributed by atoms with Crippen molar-refractivity contribution in [2.24, 2.45) is 0 Å². The topological polar surface area (TPSA) is 63.1 Å². The Labute approximate surface area is 200 Å². The Morgan fingerprint density at radius 2 is 1.71 bits per heavy atom. The molecule has 3 heterocycles. The number of aromatic nitrogens is 3. The van der Waals surface area contributed by atoms with Crippen LogP contribution < -0.4 is 10.2 Å². The molecule has 1 saturated heterocycles. The molecule has 0 saturated carbocycles. The summed E-state index contributed by atoms with van der Waals surface area (Å²) < 4.78 is 1.79. The SMILES string of the molecule is Cc1ccc(-c2nn(-c3ccccc3)cc2C(=O)NC2CCN(c3ccccn3)CC2)cc1C. The Bertz CT molecular complexity index is 1270. The summed E-state index contributed by atoms with van der Waals surface area (Å²) in [6.07, 6.45) is 5.43. The zero-order chi connectivity index (χ0) is 23.5. The van der Waals surface area contributed by atoms with Gasteiger partial charge in [-0.05, 0) is 68.1 Å². The molecular weight excluding hydrogens is 422 g/mol. The van der Waals surface area contributed by atoms with E-state index >= 15 is 0 Å². The summed E-state index contributed by atoms with van der Waals surface area (Å²) in [5.74, 6) is 0.917. The Kier molecular flexibility index (Phi) is 6.12. The van der Waals surface area contributed by atoms with Crippen LogP contribution in [0.15, 0.2) is 79.1 Å². The molecule has 34 heavy (non-hydrogen) atoms.